The molecule has 0 saturated heterocycles. The van der Waals surface area contributed by atoms with Crippen molar-refractivity contribution < 1.29 is 17.4 Å². The van der Waals surface area contributed by atoms with Crippen molar-refractivity contribution in [2.75, 3.05) is 18.1 Å². The molecule has 146 valence electrons. The van der Waals surface area contributed by atoms with Gasteiger partial charge >= 0.3 is 16.1 Å². The van der Waals surface area contributed by atoms with Crippen molar-refractivity contribution in [2.24, 2.45) is 5.92 Å². The summed E-state index contributed by atoms with van der Waals surface area (Å²) >= 11 is 3.37. The maximum Gasteiger partial charge on any atom is 0.322 e. The predicted octanol–water partition coefficient (Wildman–Crippen LogP) is 4.48. The van der Waals surface area contributed by atoms with E-state index >= 15 is 0 Å². The molecule has 0 saturated carbocycles. The molecule has 0 aliphatic rings. The molecule has 0 spiro atoms. The molecule has 2 aromatic rings. The highest BCUT2D eigenvalue weighted by Gasteiger charge is 2.16. The number of halogens is 1. The lowest BCUT2D eigenvalue weighted by atomic mass is 10.1. The van der Waals surface area contributed by atoms with Crippen LogP contribution in [-0.2, 0) is 16.7 Å². The number of carbonyl (C=O) groups excluding carboxylic acids is 1. The zero-order valence-electron chi connectivity index (χ0n) is 15.5. The van der Waals surface area contributed by atoms with Crippen LogP contribution in [0.15, 0.2) is 53.0 Å². The smallest absolute Gasteiger partial charge is 0.322 e. The Balaban J connectivity index is 2.15. The van der Waals surface area contributed by atoms with Gasteiger partial charge in [0.2, 0.25) is 0 Å². The lowest BCUT2D eigenvalue weighted by Crippen LogP contribution is -2.37. The summed E-state index contributed by atoms with van der Waals surface area (Å²) in [5.41, 5.74) is 1.48. The number of carbonyl (C=O) groups is 1. The second-order valence-electron chi connectivity index (χ2n) is 6.65. The van der Waals surface area contributed by atoms with E-state index in [1.165, 1.54) is 0 Å². The van der Waals surface area contributed by atoms with Gasteiger partial charge in [-0.2, -0.15) is 8.42 Å². The molecule has 27 heavy (non-hydrogen) atoms. The van der Waals surface area contributed by atoms with Crippen molar-refractivity contribution >= 4 is 37.8 Å². The van der Waals surface area contributed by atoms with Gasteiger partial charge in [-0.05, 0) is 47.9 Å². The van der Waals surface area contributed by atoms with E-state index in [1.54, 1.807) is 23.1 Å². The number of nitrogens with zero attached hydrogens (tertiary/aromatic N) is 1. The van der Waals surface area contributed by atoms with E-state index in [9.17, 15) is 13.2 Å². The lowest BCUT2D eigenvalue weighted by Gasteiger charge is -2.25. The fraction of sp³-hybridized carbons (Fsp3) is 0.316. The van der Waals surface area contributed by atoms with Crippen LogP contribution < -0.4 is 9.50 Å². The van der Waals surface area contributed by atoms with Crippen LogP contribution in [0.2, 0.25) is 0 Å². The van der Waals surface area contributed by atoms with E-state index in [-0.39, 0.29) is 17.7 Å². The van der Waals surface area contributed by atoms with Gasteiger partial charge in [-0.25, -0.2) is 4.79 Å². The normalized spacial score (nSPS) is 11.3. The lowest BCUT2D eigenvalue weighted by molar-refractivity contribution is 0.201. The summed E-state index contributed by atoms with van der Waals surface area (Å²) < 4.78 is 28.5. The average Bonchev–Trinajstić information content (AvgIpc) is 2.54. The summed E-state index contributed by atoms with van der Waals surface area (Å²) in [5, 5.41) is 2.89. The molecule has 0 bridgehead atoms. The second kappa shape index (κ2) is 9.23. The molecule has 6 nitrogen and oxygen atoms in total. The average molecular weight is 455 g/mol. The van der Waals surface area contributed by atoms with Gasteiger partial charge in [0.25, 0.3) is 0 Å². The molecule has 8 heteroatoms. The molecule has 0 atom stereocenters. The summed E-state index contributed by atoms with van der Waals surface area (Å²) in [6, 6.07) is 13.8. The van der Waals surface area contributed by atoms with Crippen molar-refractivity contribution in [3.8, 4) is 5.75 Å². The molecule has 0 aliphatic carbocycles. The van der Waals surface area contributed by atoms with Crippen LogP contribution >= 0.6 is 15.9 Å². The Bertz CT molecular complexity index is 883. The van der Waals surface area contributed by atoms with Crippen molar-refractivity contribution in [3.05, 3.63) is 58.6 Å². The Morgan fingerprint density at radius 1 is 1.19 bits per heavy atom. The van der Waals surface area contributed by atoms with E-state index in [2.05, 4.69) is 21.2 Å². The van der Waals surface area contributed by atoms with Gasteiger partial charge in [0, 0.05) is 23.2 Å². The van der Waals surface area contributed by atoms with E-state index in [0.717, 1.165) is 16.3 Å². The Labute approximate surface area is 168 Å². The Morgan fingerprint density at radius 2 is 1.85 bits per heavy atom. The maximum absolute atomic E-state index is 12.7. The van der Waals surface area contributed by atoms with Crippen molar-refractivity contribution in [3.63, 3.8) is 0 Å². The molecule has 0 radical (unpaired) electrons. The summed E-state index contributed by atoms with van der Waals surface area (Å²) in [6.07, 6.45) is 0.996. The van der Waals surface area contributed by atoms with E-state index in [1.807, 2.05) is 44.2 Å². The van der Waals surface area contributed by atoms with Crippen molar-refractivity contribution in [1.82, 2.24) is 4.90 Å². The largest absolute Gasteiger partial charge is 0.383 e. The molecule has 2 rings (SSSR count). The first-order valence-corrected chi connectivity index (χ1v) is 11.0. The highest BCUT2D eigenvalue weighted by atomic mass is 79.9. The van der Waals surface area contributed by atoms with Gasteiger partial charge in [0.05, 0.1) is 6.26 Å². The number of hydrogen-bond donors (Lipinski definition) is 1. The van der Waals surface area contributed by atoms with Crippen LogP contribution in [0, 0.1) is 5.92 Å². The molecule has 2 aromatic carbocycles. The van der Waals surface area contributed by atoms with Gasteiger partial charge in [-0.3, -0.25) is 0 Å². The van der Waals surface area contributed by atoms with Gasteiger partial charge in [0.15, 0.2) is 0 Å². The summed E-state index contributed by atoms with van der Waals surface area (Å²) in [7, 11) is -3.60. The summed E-state index contributed by atoms with van der Waals surface area (Å²) in [4.78, 5) is 14.4. The fourth-order valence-corrected chi connectivity index (χ4v) is 3.20. The third kappa shape index (κ3) is 7.60. The Morgan fingerprint density at radius 3 is 2.44 bits per heavy atom. The minimum atomic E-state index is -3.60. The standard InChI is InChI=1S/C19H23BrN2O4S/c1-14(2)12-22(19(23)21-17-9-7-16(20)8-10-17)13-15-5-4-6-18(11-15)26-27(3,24)25/h4-11,14H,12-13H2,1-3H3,(H,21,23). The summed E-state index contributed by atoms with van der Waals surface area (Å²) in [6.45, 7) is 4.95. The molecular formula is C19H23BrN2O4S. The van der Waals surface area contributed by atoms with Gasteiger partial charge < -0.3 is 14.4 Å². The Kier molecular flexibility index (Phi) is 7.26. The highest BCUT2D eigenvalue weighted by Crippen LogP contribution is 2.19. The zero-order valence-corrected chi connectivity index (χ0v) is 17.9. The van der Waals surface area contributed by atoms with Gasteiger partial charge in [-0.1, -0.05) is 41.9 Å². The molecule has 0 unspecified atom stereocenters. The number of amides is 2. The minimum absolute atomic E-state index is 0.222. The Hall–Kier alpha value is -2.06. The van der Waals surface area contributed by atoms with Crippen molar-refractivity contribution in [2.45, 2.75) is 20.4 Å². The number of anilines is 1. The topological polar surface area (TPSA) is 75.7 Å². The van der Waals surface area contributed by atoms with Crippen LogP contribution in [0.3, 0.4) is 0 Å². The first-order valence-electron chi connectivity index (χ1n) is 8.42. The third-order valence-electron chi connectivity index (χ3n) is 3.49. The number of benzene rings is 2. The first-order chi connectivity index (χ1) is 12.6. The molecule has 0 fully saturated rings. The van der Waals surface area contributed by atoms with E-state index in [4.69, 9.17) is 4.18 Å². The molecule has 0 aromatic heterocycles. The summed E-state index contributed by atoms with van der Waals surface area (Å²) in [5.74, 6) is 0.504. The van der Waals surface area contributed by atoms with E-state index < -0.39 is 10.1 Å². The SMILES string of the molecule is CC(C)CN(Cc1cccc(OS(C)(=O)=O)c1)C(=O)Nc1ccc(Br)cc1. The maximum atomic E-state index is 12.7. The third-order valence-corrected chi connectivity index (χ3v) is 4.51. The second-order valence-corrected chi connectivity index (χ2v) is 9.14. The minimum Gasteiger partial charge on any atom is -0.383 e. The van der Waals surface area contributed by atoms with Crippen LogP contribution in [0.5, 0.6) is 5.75 Å². The number of rotatable bonds is 7. The van der Waals surface area contributed by atoms with Gasteiger partial charge in [-0.15, -0.1) is 0 Å². The molecule has 1 N–H and O–H groups in total. The quantitative estimate of drug-likeness (QED) is 0.625. The predicted molar refractivity (Wildman–Crippen MR) is 110 cm³/mol. The van der Waals surface area contributed by atoms with Crippen LogP contribution in [-0.4, -0.2) is 32.1 Å². The number of nitrogens with one attached hydrogen (secondary N) is 1. The monoisotopic (exact) mass is 454 g/mol. The van der Waals surface area contributed by atoms with E-state index in [0.29, 0.717) is 18.8 Å². The number of urea groups is 1. The van der Waals surface area contributed by atoms with Crippen molar-refractivity contribution in [1.29, 1.82) is 0 Å². The zero-order chi connectivity index (χ0) is 20.0. The molecule has 2 amide bonds. The van der Waals surface area contributed by atoms with Crippen LogP contribution in [0.4, 0.5) is 10.5 Å². The fourth-order valence-electron chi connectivity index (χ4n) is 2.49. The highest BCUT2D eigenvalue weighted by molar-refractivity contribution is 9.10. The molecule has 0 heterocycles. The van der Waals surface area contributed by atoms with Crippen LogP contribution in [0.25, 0.3) is 0 Å². The first kappa shape index (κ1) is 21.2. The molecular weight excluding hydrogens is 432 g/mol. The van der Waals surface area contributed by atoms with Gasteiger partial charge in [0.1, 0.15) is 5.75 Å². The number of hydrogen-bond acceptors (Lipinski definition) is 4. The van der Waals surface area contributed by atoms with Crippen LogP contribution in [0.1, 0.15) is 19.4 Å². The molecule has 0 aliphatic heterocycles.